The Morgan fingerprint density at radius 3 is 2.35 bits per heavy atom. The van der Waals surface area contributed by atoms with Gasteiger partial charge in [-0.25, -0.2) is 0 Å². The van der Waals surface area contributed by atoms with Gasteiger partial charge in [-0.3, -0.25) is 0 Å². The summed E-state index contributed by atoms with van der Waals surface area (Å²) in [5.74, 6) is 1.65. The second-order valence-corrected chi connectivity index (χ2v) is 7.24. The Hall–Kier alpha value is -2.53. The number of benzene rings is 2. The van der Waals surface area contributed by atoms with Crippen molar-refractivity contribution in [3.63, 3.8) is 0 Å². The van der Waals surface area contributed by atoms with E-state index in [1.165, 1.54) is 16.3 Å². The van der Waals surface area contributed by atoms with Crippen LogP contribution in [-0.4, -0.2) is 28.3 Å². The maximum atomic E-state index is 5.60. The van der Waals surface area contributed by atoms with E-state index in [9.17, 15) is 0 Å². The number of rotatable bonds is 6. The second kappa shape index (κ2) is 7.79. The fourth-order valence-electron chi connectivity index (χ4n) is 2.94. The number of hydrogen-bond acceptors (Lipinski definition) is 4. The van der Waals surface area contributed by atoms with Crippen molar-refractivity contribution in [3.05, 3.63) is 47.0 Å². The summed E-state index contributed by atoms with van der Waals surface area (Å²) in [7, 11) is 7.48. The van der Waals surface area contributed by atoms with Crippen LogP contribution in [0.25, 0.3) is 22.4 Å². The molecule has 0 N–H and O–H groups in total. The molecule has 0 amide bonds. The van der Waals surface area contributed by atoms with Crippen molar-refractivity contribution < 1.29 is 14.0 Å². The van der Waals surface area contributed by atoms with E-state index in [0.29, 0.717) is 0 Å². The average Bonchev–Trinajstić information content (AvgIpc) is 3.03. The van der Waals surface area contributed by atoms with E-state index in [2.05, 4.69) is 58.9 Å². The van der Waals surface area contributed by atoms with E-state index in [4.69, 9.17) is 9.47 Å². The largest absolute Gasteiger partial charge is 0.497 e. The summed E-state index contributed by atoms with van der Waals surface area (Å²) in [6.07, 6.45) is 4.32. The summed E-state index contributed by atoms with van der Waals surface area (Å²) in [4.78, 5) is 2.10. The third-order valence-corrected chi connectivity index (χ3v) is 5.46. The van der Waals surface area contributed by atoms with Crippen molar-refractivity contribution in [2.75, 3.05) is 33.2 Å². The molecule has 0 unspecified atom stereocenters. The molecular weight excluding hydrogens is 344 g/mol. The van der Waals surface area contributed by atoms with E-state index in [1.54, 1.807) is 25.6 Å². The molecule has 3 rings (SSSR count). The van der Waals surface area contributed by atoms with Crippen LogP contribution in [-0.2, 0) is 6.54 Å². The van der Waals surface area contributed by atoms with Gasteiger partial charge in [-0.1, -0.05) is 23.5 Å². The molecule has 0 aliphatic carbocycles. The van der Waals surface area contributed by atoms with E-state index >= 15 is 0 Å². The van der Waals surface area contributed by atoms with Crippen LogP contribution in [0.5, 0.6) is 11.5 Å². The van der Waals surface area contributed by atoms with Gasteiger partial charge < -0.3 is 14.4 Å². The molecule has 4 nitrogen and oxygen atoms in total. The first kappa shape index (κ1) is 18.3. The van der Waals surface area contributed by atoms with Crippen LogP contribution >= 0.6 is 11.3 Å². The Morgan fingerprint density at radius 2 is 1.77 bits per heavy atom. The summed E-state index contributed by atoms with van der Waals surface area (Å²) in [6, 6.07) is 12.5. The SMILES string of the molecule is CC[n+]1c(/C=C/c2ccc(N(C)C)cc2)sc2cc(OC)cc(OC)c21. The maximum absolute atomic E-state index is 5.60. The number of fused-ring (bicyclic) bond motifs is 1. The van der Waals surface area contributed by atoms with E-state index in [1.807, 2.05) is 20.2 Å². The van der Waals surface area contributed by atoms with Gasteiger partial charge in [-0.05, 0) is 30.7 Å². The fourth-order valence-corrected chi connectivity index (χ4v) is 4.12. The lowest BCUT2D eigenvalue weighted by Gasteiger charge is -2.11. The highest BCUT2D eigenvalue weighted by Gasteiger charge is 2.22. The lowest BCUT2D eigenvalue weighted by molar-refractivity contribution is -0.665. The Labute approximate surface area is 158 Å². The summed E-state index contributed by atoms with van der Waals surface area (Å²) < 4.78 is 14.4. The van der Waals surface area contributed by atoms with E-state index in [0.717, 1.165) is 28.3 Å². The molecule has 5 heteroatoms. The molecule has 136 valence electrons. The van der Waals surface area contributed by atoms with Crippen LogP contribution in [0.15, 0.2) is 36.4 Å². The molecule has 26 heavy (non-hydrogen) atoms. The van der Waals surface area contributed by atoms with Gasteiger partial charge in [0.25, 0.3) is 10.5 Å². The lowest BCUT2D eigenvalue weighted by atomic mass is 10.2. The van der Waals surface area contributed by atoms with Gasteiger partial charge in [0, 0.05) is 38.0 Å². The molecule has 3 aromatic rings. The van der Waals surface area contributed by atoms with Gasteiger partial charge >= 0.3 is 0 Å². The van der Waals surface area contributed by atoms with Gasteiger partial charge in [0.15, 0.2) is 5.75 Å². The molecule has 0 radical (unpaired) electrons. The highest BCUT2D eigenvalue weighted by molar-refractivity contribution is 7.19. The Kier molecular flexibility index (Phi) is 5.47. The van der Waals surface area contributed by atoms with Crippen LogP contribution in [0.2, 0.25) is 0 Å². The van der Waals surface area contributed by atoms with Crippen LogP contribution in [0, 0.1) is 0 Å². The van der Waals surface area contributed by atoms with Crippen molar-refractivity contribution in [2.45, 2.75) is 13.5 Å². The minimum atomic E-state index is 0.814. The zero-order valence-electron chi connectivity index (χ0n) is 15.9. The quantitative estimate of drug-likeness (QED) is 0.600. The molecule has 0 bridgehead atoms. The number of anilines is 1. The van der Waals surface area contributed by atoms with Crippen molar-refractivity contribution in [1.82, 2.24) is 0 Å². The summed E-state index contributed by atoms with van der Waals surface area (Å²) >= 11 is 1.74. The van der Waals surface area contributed by atoms with Crippen LogP contribution in [0.3, 0.4) is 0 Å². The highest BCUT2D eigenvalue weighted by Crippen LogP contribution is 2.34. The minimum absolute atomic E-state index is 0.814. The lowest BCUT2D eigenvalue weighted by Crippen LogP contribution is -2.33. The van der Waals surface area contributed by atoms with E-state index < -0.39 is 0 Å². The first-order valence-corrected chi connectivity index (χ1v) is 9.42. The predicted octanol–water partition coefficient (Wildman–Crippen LogP) is 4.46. The van der Waals surface area contributed by atoms with Gasteiger partial charge in [0.2, 0.25) is 0 Å². The Balaban J connectivity index is 2.01. The third-order valence-electron chi connectivity index (χ3n) is 4.36. The molecule has 0 atom stereocenters. The van der Waals surface area contributed by atoms with Gasteiger partial charge in [-0.15, -0.1) is 0 Å². The topological polar surface area (TPSA) is 25.6 Å². The Morgan fingerprint density at radius 1 is 1.04 bits per heavy atom. The zero-order chi connectivity index (χ0) is 18.7. The smallest absolute Gasteiger partial charge is 0.266 e. The zero-order valence-corrected chi connectivity index (χ0v) is 16.8. The molecule has 1 aromatic heterocycles. The third kappa shape index (κ3) is 3.53. The average molecular weight is 370 g/mol. The van der Waals surface area contributed by atoms with Crippen molar-refractivity contribution in [3.8, 4) is 11.5 Å². The normalized spacial score (nSPS) is 11.3. The number of hydrogen-bond donors (Lipinski definition) is 0. The number of aromatic nitrogens is 1. The van der Waals surface area contributed by atoms with Crippen LogP contribution in [0.4, 0.5) is 5.69 Å². The number of ether oxygens (including phenoxy) is 2. The van der Waals surface area contributed by atoms with Crippen molar-refractivity contribution in [2.24, 2.45) is 0 Å². The first-order valence-electron chi connectivity index (χ1n) is 8.61. The van der Waals surface area contributed by atoms with Crippen molar-refractivity contribution in [1.29, 1.82) is 0 Å². The predicted molar refractivity (Wildman–Crippen MR) is 110 cm³/mol. The monoisotopic (exact) mass is 369 g/mol. The summed E-state index contributed by atoms with van der Waals surface area (Å²) in [6.45, 7) is 3.03. The maximum Gasteiger partial charge on any atom is 0.266 e. The summed E-state index contributed by atoms with van der Waals surface area (Å²) in [5, 5.41) is 1.19. The molecule has 0 saturated carbocycles. The van der Waals surface area contributed by atoms with Gasteiger partial charge in [-0.2, -0.15) is 4.57 Å². The molecule has 0 aliphatic rings. The second-order valence-electron chi connectivity index (χ2n) is 6.18. The molecule has 0 fully saturated rings. The fraction of sp³-hybridized carbons (Fsp3) is 0.286. The molecular formula is C21H25N2O2S+. The highest BCUT2D eigenvalue weighted by atomic mass is 32.1. The number of methoxy groups -OCH3 is 2. The molecule has 1 heterocycles. The number of aryl methyl sites for hydroxylation is 1. The summed E-state index contributed by atoms with van der Waals surface area (Å²) in [5.41, 5.74) is 3.49. The van der Waals surface area contributed by atoms with Crippen LogP contribution in [0.1, 0.15) is 17.5 Å². The number of nitrogens with zero attached hydrogens (tertiary/aromatic N) is 2. The molecule has 0 saturated heterocycles. The van der Waals surface area contributed by atoms with Crippen LogP contribution < -0.4 is 18.9 Å². The van der Waals surface area contributed by atoms with Crippen molar-refractivity contribution >= 4 is 39.4 Å². The van der Waals surface area contributed by atoms with Gasteiger partial charge in [0.1, 0.15) is 17.0 Å². The Bertz CT molecular complexity index is 927. The standard InChI is InChI=1S/C21H25N2O2S/c1-6-23-20(12-9-15-7-10-16(11-8-15)22(2)3)26-19-14-17(24-4)13-18(25-5)21(19)23/h7-14H,6H2,1-5H3/q+1. The first-order chi connectivity index (χ1) is 12.6. The number of thiazole rings is 1. The molecule has 2 aromatic carbocycles. The van der Waals surface area contributed by atoms with E-state index in [-0.39, 0.29) is 0 Å². The molecule has 0 aliphatic heterocycles. The minimum Gasteiger partial charge on any atom is -0.497 e. The van der Waals surface area contributed by atoms with Gasteiger partial charge in [0.05, 0.1) is 14.2 Å². The molecule has 0 spiro atoms.